The predicted octanol–water partition coefficient (Wildman–Crippen LogP) is 7.64. The number of aromatic nitrogens is 2. The van der Waals surface area contributed by atoms with E-state index in [4.69, 9.17) is 0 Å². The molecule has 200 valence electrons. The van der Waals surface area contributed by atoms with Gasteiger partial charge in [0.2, 0.25) is 5.95 Å². The number of hydrogen-bond donors (Lipinski definition) is 1. The molecule has 0 aliphatic heterocycles. The van der Waals surface area contributed by atoms with E-state index in [2.05, 4.69) is 4.98 Å². The standard InChI is InChI=1S/C20H9F12N3OS/c21-17(22,23)9-4-5-13(12(6-9)18(24,25)26)33-16-34-14(19(27,28)29)8-15(36)35(16)10-2-1-3-11(7-10)37-20(30,31)32/h1-8H,(H,33,34). The lowest BCUT2D eigenvalue weighted by Gasteiger charge is -2.20. The number of thioether (sulfide) groups is 1. The number of halogens is 12. The van der Waals surface area contributed by atoms with Crippen molar-refractivity contribution in [2.24, 2.45) is 0 Å². The zero-order valence-corrected chi connectivity index (χ0v) is 18.2. The average molecular weight is 567 g/mol. The lowest BCUT2D eigenvalue weighted by molar-refractivity contribution is -0.143. The quantitative estimate of drug-likeness (QED) is 0.260. The van der Waals surface area contributed by atoms with Gasteiger partial charge in [0.25, 0.3) is 5.56 Å². The SMILES string of the molecule is O=c1cc(C(F)(F)F)nc(Nc2ccc(C(F)(F)F)cc2C(F)(F)F)n1-c1cccc(SC(F)(F)F)c1. The van der Waals surface area contributed by atoms with Crippen molar-refractivity contribution < 1.29 is 52.7 Å². The first-order chi connectivity index (χ1) is 16.8. The van der Waals surface area contributed by atoms with E-state index in [1.165, 1.54) is 0 Å². The number of hydrogen-bond acceptors (Lipinski definition) is 4. The largest absolute Gasteiger partial charge is 0.446 e. The second kappa shape index (κ2) is 9.50. The van der Waals surface area contributed by atoms with Gasteiger partial charge in [0.15, 0.2) is 5.69 Å². The number of alkyl halides is 12. The fourth-order valence-corrected chi connectivity index (χ4v) is 3.56. The Morgan fingerprint density at radius 3 is 1.95 bits per heavy atom. The van der Waals surface area contributed by atoms with E-state index < -0.39 is 80.4 Å². The summed E-state index contributed by atoms with van der Waals surface area (Å²) >= 11 is -0.649. The van der Waals surface area contributed by atoms with E-state index >= 15 is 0 Å². The molecule has 0 unspecified atom stereocenters. The van der Waals surface area contributed by atoms with Crippen LogP contribution in [0.3, 0.4) is 0 Å². The summed E-state index contributed by atoms with van der Waals surface area (Å²) in [6.07, 6.45) is -15.9. The van der Waals surface area contributed by atoms with Gasteiger partial charge in [0, 0.05) is 11.0 Å². The van der Waals surface area contributed by atoms with Crippen LogP contribution in [-0.2, 0) is 18.5 Å². The highest BCUT2D eigenvalue weighted by molar-refractivity contribution is 8.00. The summed E-state index contributed by atoms with van der Waals surface area (Å²) in [4.78, 5) is 15.1. The maximum absolute atomic E-state index is 13.5. The number of benzene rings is 2. The predicted molar refractivity (Wildman–Crippen MR) is 106 cm³/mol. The summed E-state index contributed by atoms with van der Waals surface area (Å²) in [5, 5.41) is 1.78. The molecule has 0 amide bonds. The molecule has 0 bridgehead atoms. The molecule has 3 rings (SSSR count). The van der Waals surface area contributed by atoms with Gasteiger partial charge in [0.05, 0.1) is 22.5 Å². The molecule has 0 saturated heterocycles. The molecule has 0 atom stereocenters. The molecule has 1 heterocycles. The van der Waals surface area contributed by atoms with E-state index in [-0.39, 0.29) is 28.8 Å². The molecular formula is C20H9F12N3OS. The fraction of sp³-hybridized carbons (Fsp3) is 0.200. The van der Waals surface area contributed by atoms with Gasteiger partial charge in [0.1, 0.15) is 0 Å². The molecule has 0 fully saturated rings. The van der Waals surface area contributed by atoms with Crippen LogP contribution in [0.1, 0.15) is 16.8 Å². The Bertz CT molecular complexity index is 1360. The van der Waals surface area contributed by atoms with Gasteiger partial charge in [-0.05, 0) is 48.2 Å². The molecule has 4 nitrogen and oxygen atoms in total. The highest BCUT2D eigenvalue weighted by Gasteiger charge is 2.39. The Hall–Kier alpha value is -3.37. The van der Waals surface area contributed by atoms with Crippen LogP contribution in [0.15, 0.2) is 58.2 Å². The minimum atomic E-state index is -5.44. The maximum Gasteiger partial charge on any atom is 0.446 e. The van der Waals surface area contributed by atoms with Gasteiger partial charge >= 0.3 is 24.0 Å². The number of anilines is 2. The van der Waals surface area contributed by atoms with Crippen LogP contribution >= 0.6 is 11.8 Å². The van der Waals surface area contributed by atoms with E-state index in [1.54, 1.807) is 5.32 Å². The first-order valence-corrected chi connectivity index (χ1v) is 10.2. The van der Waals surface area contributed by atoms with Crippen molar-refractivity contribution >= 4 is 23.4 Å². The average Bonchev–Trinajstić information content (AvgIpc) is 2.70. The van der Waals surface area contributed by atoms with Crippen molar-refractivity contribution in [2.45, 2.75) is 28.9 Å². The Balaban J connectivity index is 2.25. The third-order valence-corrected chi connectivity index (χ3v) is 5.14. The van der Waals surface area contributed by atoms with Crippen LogP contribution in [0.4, 0.5) is 64.3 Å². The van der Waals surface area contributed by atoms with E-state index in [9.17, 15) is 57.5 Å². The molecule has 0 saturated carbocycles. The summed E-state index contributed by atoms with van der Waals surface area (Å²) in [6.45, 7) is 0. The molecule has 2 aromatic carbocycles. The summed E-state index contributed by atoms with van der Waals surface area (Å²) < 4.78 is 158. The summed E-state index contributed by atoms with van der Waals surface area (Å²) in [5.41, 5.74) is -13.6. The minimum absolute atomic E-state index is 0.0494. The Labute approximate surface area is 201 Å². The third-order valence-electron chi connectivity index (χ3n) is 4.42. The normalized spacial score (nSPS) is 13.1. The van der Waals surface area contributed by atoms with E-state index in [1.807, 2.05) is 0 Å². The molecule has 17 heteroatoms. The van der Waals surface area contributed by atoms with Gasteiger partial charge in [-0.25, -0.2) is 9.55 Å². The van der Waals surface area contributed by atoms with E-state index in [0.717, 1.165) is 18.2 Å². The minimum Gasteiger partial charge on any atom is -0.325 e. The van der Waals surface area contributed by atoms with Crippen molar-refractivity contribution in [1.82, 2.24) is 9.55 Å². The first-order valence-electron chi connectivity index (χ1n) is 9.38. The molecule has 0 spiro atoms. The topological polar surface area (TPSA) is 46.9 Å². The first kappa shape index (κ1) is 28.2. The molecule has 1 N–H and O–H groups in total. The lowest BCUT2D eigenvalue weighted by atomic mass is 10.1. The fourth-order valence-electron chi connectivity index (χ4n) is 2.97. The summed E-state index contributed by atoms with van der Waals surface area (Å²) in [6, 6.07) is 3.69. The molecule has 0 radical (unpaired) electrons. The zero-order valence-electron chi connectivity index (χ0n) is 17.4. The van der Waals surface area contributed by atoms with Crippen molar-refractivity contribution in [3.8, 4) is 5.69 Å². The smallest absolute Gasteiger partial charge is 0.325 e. The van der Waals surface area contributed by atoms with Crippen molar-refractivity contribution in [3.63, 3.8) is 0 Å². The maximum atomic E-state index is 13.5. The highest BCUT2D eigenvalue weighted by atomic mass is 32.2. The van der Waals surface area contributed by atoms with Crippen LogP contribution in [0, 0.1) is 0 Å². The van der Waals surface area contributed by atoms with Crippen LogP contribution in [0.25, 0.3) is 5.69 Å². The van der Waals surface area contributed by atoms with Crippen LogP contribution in [0.2, 0.25) is 0 Å². The Morgan fingerprint density at radius 2 is 1.41 bits per heavy atom. The zero-order chi connectivity index (χ0) is 28.0. The van der Waals surface area contributed by atoms with Gasteiger partial charge in [-0.2, -0.15) is 52.7 Å². The van der Waals surface area contributed by atoms with Gasteiger partial charge < -0.3 is 5.32 Å². The lowest BCUT2D eigenvalue weighted by Crippen LogP contribution is -2.26. The molecular weight excluding hydrogens is 558 g/mol. The van der Waals surface area contributed by atoms with Crippen LogP contribution < -0.4 is 10.9 Å². The summed E-state index contributed by atoms with van der Waals surface area (Å²) in [5.74, 6) is -1.25. The van der Waals surface area contributed by atoms with Crippen LogP contribution in [-0.4, -0.2) is 15.1 Å². The van der Waals surface area contributed by atoms with Gasteiger partial charge in [-0.3, -0.25) is 4.79 Å². The Morgan fingerprint density at radius 1 is 0.757 bits per heavy atom. The Kier molecular flexibility index (Phi) is 7.24. The number of nitrogens with zero attached hydrogens (tertiary/aromatic N) is 2. The second-order valence-corrected chi connectivity index (χ2v) is 8.20. The molecule has 0 aliphatic carbocycles. The molecule has 0 aliphatic rings. The third kappa shape index (κ3) is 6.90. The van der Waals surface area contributed by atoms with Gasteiger partial charge in [-0.15, -0.1) is 0 Å². The monoisotopic (exact) mass is 567 g/mol. The van der Waals surface area contributed by atoms with Gasteiger partial charge in [-0.1, -0.05) is 6.07 Å². The molecule has 37 heavy (non-hydrogen) atoms. The number of rotatable bonds is 4. The molecule has 3 aromatic rings. The number of nitrogens with one attached hydrogen (secondary N) is 1. The van der Waals surface area contributed by atoms with Crippen molar-refractivity contribution in [3.05, 3.63) is 75.7 Å². The second-order valence-electron chi connectivity index (χ2n) is 7.06. The summed E-state index contributed by atoms with van der Waals surface area (Å²) in [7, 11) is 0. The van der Waals surface area contributed by atoms with Crippen molar-refractivity contribution in [1.29, 1.82) is 0 Å². The molecule has 1 aromatic heterocycles. The van der Waals surface area contributed by atoms with E-state index in [0.29, 0.717) is 6.07 Å². The van der Waals surface area contributed by atoms with Crippen molar-refractivity contribution in [2.75, 3.05) is 5.32 Å². The van der Waals surface area contributed by atoms with Crippen LogP contribution in [0.5, 0.6) is 0 Å². The highest BCUT2D eigenvalue weighted by Crippen LogP contribution is 2.41.